The van der Waals surface area contributed by atoms with Crippen molar-refractivity contribution in [3.8, 4) is 17.1 Å². The summed E-state index contributed by atoms with van der Waals surface area (Å²) in [6.07, 6.45) is 1.79. The maximum absolute atomic E-state index is 5.67. The highest BCUT2D eigenvalue weighted by Gasteiger charge is 2.17. The lowest BCUT2D eigenvalue weighted by Crippen LogP contribution is -2.36. The van der Waals surface area contributed by atoms with Crippen LogP contribution in [0, 0.1) is 6.92 Å². The Kier molecular flexibility index (Phi) is 4.05. The monoisotopic (exact) mass is 338 g/mol. The molecule has 1 saturated heterocycles. The Hall–Kier alpha value is -2.60. The normalized spacial score (nSPS) is 14.9. The first-order valence-electron chi connectivity index (χ1n) is 8.48. The maximum Gasteiger partial charge on any atom is 0.147 e. The van der Waals surface area contributed by atoms with Gasteiger partial charge in [0.15, 0.2) is 0 Å². The second-order valence-electron chi connectivity index (χ2n) is 6.31. The number of morpholine rings is 1. The zero-order valence-electron chi connectivity index (χ0n) is 14.8. The molecule has 0 aliphatic carbocycles. The average Bonchev–Trinajstić information content (AvgIpc) is 3.07. The van der Waals surface area contributed by atoms with Crippen molar-refractivity contribution in [2.24, 2.45) is 7.05 Å². The molecule has 130 valence electrons. The minimum absolute atomic E-state index is 0.761. The van der Waals surface area contributed by atoms with Gasteiger partial charge in [-0.05, 0) is 30.7 Å². The average molecular weight is 338 g/mol. The number of aromatic nitrogens is 3. The fourth-order valence-corrected chi connectivity index (χ4v) is 3.36. The smallest absolute Gasteiger partial charge is 0.147 e. The van der Waals surface area contributed by atoms with E-state index in [-0.39, 0.29) is 0 Å². The largest absolute Gasteiger partial charge is 0.494 e. The minimum atomic E-state index is 0.761. The first kappa shape index (κ1) is 15.9. The lowest BCUT2D eigenvalue weighted by Gasteiger charge is -2.29. The van der Waals surface area contributed by atoms with Crippen LogP contribution in [0.5, 0.6) is 5.75 Å². The van der Waals surface area contributed by atoms with Crippen molar-refractivity contribution < 1.29 is 9.47 Å². The molecule has 1 aromatic carbocycles. The molecule has 1 aliphatic heterocycles. The molecule has 0 saturated carbocycles. The van der Waals surface area contributed by atoms with Crippen LogP contribution in [0.25, 0.3) is 22.3 Å². The summed E-state index contributed by atoms with van der Waals surface area (Å²) in [7, 11) is 3.63. The first-order valence-corrected chi connectivity index (χ1v) is 8.48. The Morgan fingerprint density at radius 1 is 1.16 bits per heavy atom. The summed E-state index contributed by atoms with van der Waals surface area (Å²) in [6, 6.07) is 8.37. The molecule has 4 rings (SSSR count). The molecule has 0 bridgehead atoms. The predicted octanol–water partition coefficient (Wildman–Crippen LogP) is 2.79. The summed E-state index contributed by atoms with van der Waals surface area (Å²) in [5.41, 5.74) is 5.11. The van der Waals surface area contributed by atoms with Gasteiger partial charge < -0.3 is 14.4 Å². The molecule has 0 unspecified atom stereocenters. The second-order valence-corrected chi connectivity index (χ2v) is 6.31. The highest BCUT2D eigenvalue weighted by atomic mass is 16.5. The van der Waals surface area contributed by atoms with E-state index in [1.165, 1.54) is 5.56 Å². The van der Waals surface area contributed by atoms with E-state index in [1.807, 2.05) is 17.8 Å². The molecule has 0 radical (unpaired) electrons. The standard InChI is InChI=1S/C19H22N4O2/c1-13-10-16(17-4-5-20-22(17)2)21-19-15(13)11-14(12-18(19)24-3)23-6-8-25-9-7-23/h4-5,10-12H,6-9H2,1-3H3. The molecule has 0 amide bonds. The summed E-state index contributed by atoms with van der Waals surface area (Å²) >= 11 is 0. The Balaban J connectivity index is 1.87. The highest BCUT2D eigenvalue weighted by Crippen LogP contribution is 2.34. The van der Waals surface area contributed by atoms with E-state index in [1.54, 1.807) is 13.3 Å². The molecular weight excluding hydrogens is 316 g/mol. The molecule has 25 heavy (non-hydrogen) atoms. The Morgan fingerprint density at radius 2 is 1.96 bits per heavy atom. The quantitative estimate of drug-likeness (QED) is 0.735. The van der Waals surface area contributed by atoms with Gasteiger partial charge in [-0.25, -0.2) is 4.98 Å². The predicted molar refractivity (Wildman–Crippen MR) is 98.3 cm³/mol. The number of rotatable bonds is 3. The molecule has 0 N–H and O–H groups in total. The van der Waals surface area contributed by atoms with Gasteiger partial charge in [-0.2, -0.15) is 5.10 Å². The number of hydrogen-bond donors (Lipinski definition) is 0. The Morgan fingerprint density at radius 3 is 2.64 bits per heavy atom. The van der Waals surface area contributed by atoms with Crippen LogP contribution in [-0.2, 0) is 11.8 Å². The zero-order chi connectivity index (χ0) is 17.4. The van der Waals surface area contributed by atoms with Gasteiger partial charge in [0, 0.05) is 43.5 Å². The van der Waals surface area contributed by atoms with Crippen molar-refractivity contribution in [3.63, 3.8) is 0 Å². The lowest BCUT2D eigenvalue weighted by atomic mass is 10.1. The van der Waals surface area contributed by atoms with Crippen LogP contribution in [0.3, 0.4) is 0 Å². The summed E-state index contributed by atoms with van der Waals surface area (Å²) < 4.78 is 13.0. The van der Waals surface area contributed by atoms with Crippen molar-refractivity contribution >= 4 is 16.6 Å². The van der Waals surface area contributed by atoms with Crippen LogP contribution in [0.1, 0.15) is 5.56 Å². The van der Waals surface area contributed by atoms with E-state index >= 15 is 0 Å². The van der Waals surface area contributed by atoms with Crippen LogP contribution in [-0.4, -0.2) is 48.2 Å². The van der Waals surface area contributed by atoms with Crippen molar-refractivity contribution in [2.45, 2.75) is 6.92 Å². The summed E-state index contributed by atoms with van der Waals surface area (Å²) in [6.45, 7) is 5.43. The van der Waals surface area contributed by atoms with Crippen molar-refractivity contribution in [1.29, 1.82) is 0 Å². The van der Waals surface area contributed by atoms with Gasteiger partial charge in [0.2, 0.25) is 0 Å². The lowest BCUT2D eigenvalue weighted by molar-refractivity contribution is 0.122. The van der Waals surface area contributed by atoms with E-state index in [4.69, 9.17) is 14.5 Å². The molecule has 6 heteroatoms. The number of nitrogens with zero attached hydrogens (tertiary/aromatic N) is 4. The van der Waals surface area contributed by atoms with Crippen LogP contribution in [0.2, 0.25) is 0 Å². The molecule has 0 atom stereocenters. The van der Waals surface area contributed by atoms with Gasteiger partial charge in [-0.3, -0.25) is 4.68 Å². The number of pyridine rings is 1. The molecule has 0 spiro atoms. The summed E-state index contributed by atoms with van der Waals surface area (Å²) in [5.74, 6) is 0.797. The number of anilines is 1. The third-order valence-corrected chi connectivity index (χ3v) is 4.75. The minimum Gasteiger partial charge on any atom is -0.494 e. The first-order chi connectivity index (χ1) is 12.2. The van der Waals surface area contributed by atoms with Crippen molar-refractivity contribution in [1.82, 2.24) is 14.8 Å². The summed E-state index contributed by atoms with van der Waals surface area (Å²) in [5, 5.41) is 5.36. The van der Waals surface area contributed by atoms with E-state index in [2.05, 4.69) is 35.1 Å². The van der Waals surface area contributed by atoms with Gasteiger partial charge in [0.1, 0.15) is 11.3 Å². The zero-order valence-corrected chi connectivity index (χ0v) is 14.8. The highest BCUT2D eigenvalue weighted by molar-refractivity contribution is 5.92. The van der Waals surface area contributed by atoms with E-state index in [9.17, 15) is 0 Å². The number of methoxy groups -OCH3 is 1. The molecule has 3 aromatic rings. The third-order valence-electron chi connectivity index (χ3n) is 4.75. The number of ether oxygens (including phenoxy) is 2. The Labute approximate surface area is 147 Å². The van der Waals surface area contributed by atoms with E-state index in [0.717, 1.165) is 60.0 Å². The van der Waals surface area contributed by atoms with Gasteiger partial charge in [0.25, 0.3) is 0 Å². The summed E-state index contributed by atoms with van der Waals surface area (Å²) in [4.78, 5) is 7.20. The fraction of sp³-hybridized carbons (Fsp3) is 0.368. The van der Waals surface area contributed by atoms with Crippen molar-refractivity contribution in [2.75, 3.05) is 38.3 Å². The maximum atomic E-state index is 5.67. The molecule has 1 aliphatic rings. The van der Waals surface area contributed by atoms with E-state index < -0.39 is 0 Å². The number of hydrogen-bond acceptors (Lipinski definition) is 5. The Bertz CT molecular complexity index is 913. The topological polar surface area (TPSA) is 52.4 Å². The SMILES string of the molecule is COc1cc(N2CCOCC2)cc2c(C)cc(-c3ccnn3C)nc12. The molecule has 3 heterocycles. The van der Waals surface area contributed by atoms with Gasteiger partial charge in [0.05, 0.1) is 31.7 Å². The fourth-order valence-electron chi connectivity index (χ4n) is 3.36. The number of aryl methyl sites for hydroxylation is 2. The van der Waals surface area contributed by atoms with Crippen LogP contribution >= 0.6 is 0 Å². The molecule has 1 fully saturated rings. The van der Waals surface area contributed by atoms with Crippen LogP contribution < -0.4 is 9.64 Å². The van der Waals surface area contributed by atoms with Crippen LogP contribution in [0.15, 0.2) is 30.5 Å². The van der Waals surface area contributed by atoms with Gasteiger partial charge in [-0.1, -0.05) is 0 Å². The van der Waals surface area contributed by atoms with E-state index in [0.29, 0.717) is 0 Å². The van der Waals surface area contributed by atoms with Crippen LogP contribution in [0.4, 0.5) is 5.69 Å². The number of benzene rings is 1. The van der Waals surface area contributed by atoms with Gasteiger partial charge in [-0.15, -0.1) is 0 Å². The molecule has 6 nitrogen and oxygen atoms in total. The van der Waals surface area contributed by atoms with Crippen molar-refractivity contribution in [3.05, 3.63) is 36.0 Å². The molecule has 2 aromatic heterocycles. The molecular formula is C19H22N4O2. The number of fused-ring (bicyclic) bond motifs is 1. The third kappa shape index (κ3) is 2.82. The second kappa shape index (κ2) is 6.37. The van der Waals surface area contributed by atoms with Gasteiger partial charge >= 0.3 is 0 Å².